The number of aliphatic hydroxyl groups is 1. The van der Waals surface area contributed by atoms with E-state index in [2.05, 4.69) is 24.3 Å². The van der Waals surface area contributed by atoms with Crippen molar-refractivity contribution in [1.82, 2.24) is 0 Å². The molecular formula is C14H20O2. The summed E-state index contributed by atoms with van der Waals surface area (Å²) in [4.78, 5) is 0. The van der Waals surface area contributed by atoms with Crippen LogP contribution in [0.15, 0.2) is 30.3 Å². The van der Waals surface area contributed by atoms with Gasteiger partial charge in [-0.25, -0.2) is 0 Å². The molecule has 0 spiro atoms. The monoisotopic (exact) mass is 220 g/mol. The summed E-state index contributed by atoms with van der Waals surface area (Å²) in [5, 5.41) is 9.90. The zero-order valence-corrected chi connectivity index (χ0v) is 9.64. The fourth-order valence-corrected chi connectivity index (χ4v) is 2.22. The van der Waals surface area contributed by atoms with Crippen molar-refractivity contribution < 1.29 is 9.84 Å². The Hall–Kier alpha value is -0.860. The third-order valence-electron chi connectivity index (χ3n) is 3.22. The first-order valence-corrected chi connectivity index (χ1v) is 6.20. The van der Waals surface area contributed by atoms with Gasteiger partial charge in [-0.2, -0.15) is 0 Å². The topological polar surface area (TPSA) is 29.5 Å². The summed E-state index contributed by atoms with van der Waals surface area (Å²) in [7, 11) is 0. The minimum Gasteiger partial charge on any atom is -0.390 e. The van der Waals surface area contributed by atoms with Crippen molar-refractivity contribution >= 4 is 0 Å². The quantitative estimate of drug-likeness (QED) is 0.848. The van der Waals surface area contributed by atoms with E-state index in [1.165, 1.54) is 5.56 Å². The van der Waals surface area contributed by atoms with Gasteiger partial charge in [0.25, 0.3) is 0 Å². The molecule has 0 saturated carbocycles. The number of rotatable bonds is 3. The van der Waals surface area contributed by atoms with Crippen molar-refractivity contribution in [1.29, 1.82) is 0 Å². The van der Waals surface area contributed by atoms with Gasteiger partial charge in [-0.1, -0.05) is 30.3 Å². The average molecular weight is 220 g/mol. The van der Waals surface area contributed by atoms with Gasteiger partial charge in [0.15, 0.2) is 0 Å². The standard InChI is InChI=1S/C14H20O2/c15-13-8-4-5-11-16-14(13)10-9-12-6-2-1-3-7-12/h1-3,6-7,13-15H,4-5,8-11H2/t13-,14-/m0/s1. The summed E-state index contributed by atoms with van der Waals surface area (Å²) in [6, 6.07) is 10.4. The van der Waals surface area contributed by atoms with Gasteiger partial charge < -0.3 is 9.84 Å². The third-order valence-corrected chi connectivity index (χ3v) is 3.22. The zero-order chi connectivity index (χ0) is 11.2. The molecule has 16 heavy (non-hydrogen) atoms. The highest BCUT2D eigenvalue weighted by Crippen LogP contribution is 2.18. The molecule has 0 bridgehead atoms. The molecular weight excluding hydrogens is 200 g/mol. The van der Waals surface area contributed by atoms with Gasteiger partial charge in [-0.3, -0.25) is 0 Å². The summed E-state index contributed by atoms with van der Waals surface area (Å²) in [6.07, 6.45) is 4.73. The van der Waals surface area contributed by atoms with Crippen LogP contribution < -0.4 is 0 Å². The van der Waals surface area contributed by atoms with Gasteiger partial charge in [0.1, 0.15) is 0 Å². The Bertz CT molecular complexity index is 297. The van der Waals surface area contributed by atoms with Crippen molar-refractivity contribution in [2.75, 3.05) is 6.61 Å². The van der Waals surface area contributed by atoms with Crippen molar-refractivity contribution in [3.63, 3.8) is 0 Å². The molecule has 1 heterocycles. The van der Waals surface area contributed by atoms with Crippen LogP contribution in [0, 0.1) is 0 Å². The largest absolute Gasteiger partial charge is 0.390 e. The van der Waals surface area contributed by atoms with Crippen LogP contribution in [-0.2, 0) is 11.2 Å². The van der Waals surface area contributed by atoms with E-state index in [0.717, 1.165) is 38.7 Å². The average Bonchev–Trinajstić information content (AvgIpc) is 2.53. The van der Waals surface area contributed by atoms with E-state index in [1.54, 1.807) is 0 Å². The Kier molecular flexibility index (Phi) is 4.37. The number of aliphatic hydroxyl groups excluding tert-OH is 1. The van der Waals surface area contributed by atoms with E-state index in [1.807, 2.05) is 6.07 Å². The maximum absolute atomic E-state index is 9.90. The molecule has 0 amide bonds. The van der Waals surface area contributed by atoms with Crippen molar-refractivity contribution in [2.24, 2.45) is 0 Å². The summed E-state index contributed by atoms with van der Waals surface area (Å²) in [5.74, 6) is 0. The van der Waals surface area contributed by atoms with E-state index in [0.29, 0.717) is 0 Å². The molecule has 1 aliphatic rings. The second-order valence-corrected chi connectivity index (χ2v) is 4.50. The second kappa shape index (κ2) is 6.02. The van der Waals surface area contributed by atoms with Gasteiger partial charge in [0.2, 0.25) is 0 Å². The molecule has 1 N–H and O–H groups in total. The highest BCUT2D eigenvalue weighted by atomic mass is 16.5. The smallest absolute Gasteiger partial charge is 0.0837 e. The minimum absolute atomic E-state index is 0.0303. The van der Waals surface area contributed by atoms with E-state index in [-0.39, 0.29) is 12.2 Å². The Balaban J connectivity index is 1.84. The molecule has 1 aliphatic heterocycles. The lowest BCUT2D eigenvalue weighted by molar-refractivity contribution is -0.0290. The predicted molar refractivity (Wildman–Crippen MR) is 64.4 cm³/mol. The first kappa shape index (κ1) is 11.6. The van der Waals surface area contributed by atoms with Gasteiger partial charge in [0.05, 0.1) is 12.2 Å². The lowest BCUT2D eigenvalue weighted by Crippen LogP contribution is -2.27. The predicted octanol–water partition coefficient (Wildman–Crippen LogP) is 2.55. The second-order valence-electron chi connectivity index (χ2n) is 4.50. The first-order valence-electron chi connectivity index (χ1n) is 6.20. The van der Waals surface area contributed by atoms with Crippen LogP contribution >= 0.6 is 0 Å². The molecule has 88 valence electrons. The van der Waals surface area contributed by atoms with Crippen molar-refractivity contribution in [2.45, 2.75) is 44.3 Å². The van der Waals surface area contributed by atoms with Crippen LogP contribution in [0.4, 0.5) is 0 Å². The van der Waals surface area contributed by atoms with Crippen LogP contribution in [0.1, 0.15) is 31.2 Å². The zero-order valence-electron chi connectivity index (χ0n) is 9.64. The lowest BCUT2D eigenvalue weighted by atomic mass is 10.0. The number of benzene rings is 1. The summed E-state index contributed by atoms with van der Waals surface area (Å²) >= 11 is 0. The van der Waals surface area contributed by atoms with Crippen LogP contribution in [0.25, 0.3) is 0 Å². The SMILES string of the molecule is O[C@H]1CCCCO[C@H]1CCc1ccccc1. The maximum atomic E-state index is 9.90. The molecule has 0 aliphatic carbocycles. The Morgan fingerprint density at radius 1 is 1.19 bits per heavy atom. The summed E-state index contributed by atoms with van der Waals surface area (Å²) in [6.45, 7) is 0.802. The number of ether oxygens (including phenoxy) is 1. The molecule has 1 saturated heterocycles. The van der Waals surface area contributed by atoms with Gasteiger partial charge in [-0.15, -0.1) is 0 Å². The molecule has 2 nitrogen and oxygen atoms in total. The van der Waals surface area contributed by atoms with Gasteiger partial charge >= 0.3 is 0 Å². The van der Waals surface area contributed by atoms with E-state index >= 15 is 0 Å². The summed E-state index contributed by atoms with van der Waals surface area (Å²) < 4.78 is 5.69. The molecule has 2 atom stereocenters. The maximum Gasteiger partial charge on any atom is 0.0837 e. The normalized spacial score (nSPS) is 26.3. The Morgan fingerprint density at radius 3 is 2.81 bits per heavy atom. The van der Waals surface area contributed by atoms with Crippen LogP contribution in [0.5, 0.6) is 0 Å². The molecule has 0 radical (unpaired) electrons. The Morgan fingerprint density at radius 2 is 2.00 bits per heavy atom. The fraction of sp³-hybridized carbons (Fsp3) is 0.571. The molecule has 0 unspecified atom stereocenters. The third kappa shape index (κ3) is 3.32. The van der Waals surface area contributed by atoms with Gasteiger partial charge in [-0.05, 0) is 37.7 Å². The van der Waals surface area contributed by atoms with Crippen LogP contribution in [-0.4, -0.2) is 23.9 Å². The van der Waals surface area contributed by atoms with Crippen molar-refractivity contribution in [3.05, 3.63) is 35.9 Å². The van der Waals surface area contributed by atoms with Crippen LogP contribution in [0.2, 0.25) is 0 Å². The van der Waals surface area contributed by atoms with Gasteiger partial charge in [0, 0.05) is 6.61 Å². The van der Waals surface area contributed by atoms with Crippen LogP contribution in [0.3, 0.4) is 0 Å². The Labute approximate surface area is 97.3 Å². The highest BCUT2D eigenvalue weighted by Gasteiger charge is 2.21. The summed E-state index contributed by atoms with van der Waals surface area (Å²) in [5.41, 5.74) is 1.32. The minimum atomic E-state index is -0.272. The van der Waals surface area contributed by atoms with E-state index in [4.69, 9.17) is 4.74 Å². The fourth-order valence-electron chi connectivity index (χ4n) is 2.22. The number of hydrogen-bond donors (Lipinski definition) is 1. The van der Waals surface area contributed by atoms with Crippen molar-refractivity contribution in [3.8, 4) is 0 Å². The molecule has 2 rings (SSSR count). The highest BCUT2D eigenvalue weighted by molar-refractivity contribution is 5.14. The molecule has 0 aromatic heterocycles. The number of hydrogen-bond acceptors (Lipinski definition) is 2. The van der Waals surface area contributed by atoms with E-state index in [9.17, 15) is 5.11 Å². The lowest BCUT2D eigenvalue weighted by Gasteiger charge is -2.20. The molecule has 1 fully saturated rings. The molecule has 1 aromatic rings. The van der Waals surface area contributed by atoms with E-state index < -0.39 is 0 Å². The molecule has 2 heteroatoms. The first-order chi connectivity index (χ1) is 7.86. The number of aryl methyl sites for hydroxylation is 1. The molecule has 1 aromatic carbocycles.